The van der Waals surface area contributed by atoms with Gasteiger partial charge in [-0.05, 0) is 56.2 Å². The molecule has 0 saturated heterocycles. The van der Waals surface area contributed by atoms with E-state index in [4.69, 9.17) is 0 Å². The molecule has 1 aromatic heterocycles. The minimum atomic E-state index is -0.0914. The number of carbonyl (C=O) groups is 1. The molecule has 31 heavy (non-hydrogen) atoms. The molecular weight excluding hydrogens is 388 g/mol. The quantitative estimate of drug-likeness (QED) is 0.407. The van der Waals surface area contributed by atoms with E-state index in [2.05, 4.69) is 51.2 Å². The van der Waals surface area contributed by atoms with E-state index in [1.54, 1.807) is 7.05 Å². The number of carbonyl (C=O) groups excluding carboxylic acids is 1. The predicted octanol–water partition coefficient (Wildman–Crippen LogP) is 3.10. The molecule has 0 unspecified atom stereocenters. The zero-order valence-corrected chi connectivity index (χ0v) is 18.6. The van der Waals surface area contributed by atoms with Gasteiger partial charge in [0.15, 0.2) is 5.96 Å². The van der Waals surface area contributed by atoms with E-state index in [-0.39, 0.29) is 5.91 Å². The van der Waals surface area contributed by atoms with Crippen molar-refractivity contribution in [3.05, 3.63) is 82.7 Å². The molecule has 162 valence electrons. The molecule has 3 N–H and O–H groups in total. The van der Waals surface area contributed by atoms with Crippen molar-refractivity contribution in [2.75, 3.05) is 13.6 Å². The molecule has 0 radical (unpaired) electrons. The number of aryl methyl sites for hydroxylation is 2. The van der Waals surface area contributed by atoms with Gasteiger partial charge in [-0.15, -0.1) is 0 Å². The Balaban J connectivity index is 1.71. The first-order valence-corrected chi connectivity index (χ1v) is 10.5. The highest BCUT2D eigenvalue weighted by Crippen LogP contribution is 2.17. The Labute approximate surface area is 183 Å². The number of benzene rings is 2. The first-order chi connectivity index (χ1) is 15.0. The molecule has 7 nitrogen and oxygen atoms in total. The van der Waals surface area contributed by atoms with Crippen molar-refractivity contribution < 1.29 is 4.79 Å². The molecule has 2 aromatic carbocycles. The topological polar surface area (TPSA) is 83.3 Å². The number of hydrogen-bond acceptors (Lipinski definition) is 3. The maximum absolute atomic E-state index is 11.7. The van der Waals surface area contributed by atoms with Gasteiger partial charge in [0.05, 0.1) is 17.9 Å². The average molecular weight is 419 g/mol. The van der Waals surface area contributed by atoms with Gasteiger partial charge in [0.2, 0.25) is 0 Å². The Kier molecular flexibility index (Phi) is 7.43. The highest BCUT2D eigenvalue weighted by Gasteiger charge is 2.09. The third kappa shape index (κ3) is 5.72. The molecule has 1 heterocycles. The van der Waals surface area contributed by atoms with Crippen LogP contribution in [0.3, 0.4) is 0 Å². The molecule has 0 aliphatic rings. The van der Waals surface area contributed by atoms with Gasteiger partial charge < -0.3 is 16.0 Å². The summed E-state index contributed by atoms with van der Waals surface area (Å²) in [7, 11) is 1.63. The van der Waals surface area contributed by atoms with E-state index < -0.39 is 0 Å². The fourth-order valence-electron chi connectivity index (χ4n) is 3.34. The van der Waals surface area contributed by atoms with Gasteiger partial charge in [-0.1, -0.05) is 30.3 Å². The summed E-state index contributed by atoms with van der Waals surface area (Å²) in [6.45, 7) is 8.00. The minimum Gasteiger partial charge on any atom is -0.357 e. The van der Waals surface area contributed by atoms with Crippen molar-refractivity contribution >= 4 is 11.9 Å². The van der Waals surface area contributed by atoms with Gasteiger partial charge >= 0.3 is 0 Å². The Morgan fingerprint density at radius 2 is 1.81 bits per heavy atom. The second-order valence-corrected chi connectivity index (χ2v) is 7.29. The van der Waals surface area contributed by atoms with Gasteiger partial charge in [0, 0.05) is 31.4 Å². The van der Waals surface area contributed by atoms with Crippen LogP contribution in [0.5, 0.6) is 0 Å². The summed E-state index contributed by atoms with van der Waals surface area (Å²) < 4.78 is 1.98. The van der Waals surface area contributed by atoms with Crippen LogP contribution in [0.15, 0.2) is 59.6 Å². The summed E-state index contributed by atoms with van der Waals surface area (Å²) >= 11 is 0. The van der Waals surface area contributed by atoms with Crippen molar-refractivity contribution in [3.63, 3.8) is 0 Å². The zero-order valence-electron chi connectivity index (χ0n) is 18.6. The smallest absolute Gasteiger partial charge is 0.251 e. The summed E-state index contributed by atoms with van der Waals surface area (Å²) in [4.78, 5) is 16.4. The van der Waals surface area contributed by atoms with Crippen LogP contribution < -0.4 is 16.0 Å². The van der Waals surface area contributed by atoms with E-state index in [0.29, 0.717) is 18.7 Å². The monoisotopic (exact) mass is 418 g/mol. The molecule has 0 aliphatic heterocycles. The lowest BCUT2D eigenvalue weighted by Gasteiger charge is -2.15. The Morgan fingerprint density at radius 1 is 1.06 bits per heavy atom. The van der Waals surface area contributed by atoms with Crippen LogP contribution in [0.1, 0.15) is 39.8 Å². The SMILES string of the molecule is CCNC(=NCc1ccc(C(=O)NC)cc1)NCc1ccccc1-n1nc(C)cc1C. The lowest BCUT2D eigenvalue weighted by Crippen LogP contribution is -2.37. The van der Waals surface area contributed by atoms with Crippen molar-refractivity contribution in [3.8, 4) is 5.69 Å². The maximum Gasteiger partial charge on any atom is 0.251 e. The highest BCUT2D eigenvalue weighted by atomic mass is 16.1. The van der Waals surface area contributed by atoms with Gasteiger partial charge in [-0.25, -0.2) is 9.67 Å². The molecule has 0 bridgehead atoms. The van der Waals surface area contributed by atoms with E-state index in [0.717, 1.165) is 40.7 Å². The van der Waals surface area contributed by atoms with Gasteiger partial charge in [-0.3, -0.25) is 4.79 Å². The number of amides is 1. The van der Waals surface area contributed by atoms with E-state index >= 15 is 0 Å². The van der Waals surface area contributed by atoms with Crippen molar-refractivity contribution in [2.24, 2.45) is 4.99 Å². The maximum atomic E-state index is 11.7. The number of guanidine groups is 1. The molecule has 3 rings (SSSR count). The summed E-state index contributed by atoms with van der Waals surface area (Å²) in [6.07, 6.45) is 0. The van der Waals surface area contributed by atoms with E-state index in [9.17, 15) is 4.79 Å². The Hall–Kier alpha value is -3.61. The largest absolute Gasteiger partial charge is 0.357 e. The minimum absolute atomic E-state index is 0.0914. The van der Waals surface area contributed by atoms with Crippen LogP contribution in [0.2, 0.25) is 0 Å². The van der Waals surface area contributed by atoms with Crippen molar-refractivity contribution in [2.45, 2.75) is 33.9 Å². The number of para-hydroxylation sites is 1. The standard InChI is InChI=1S/C24H30N6O/c1-5-26-24(27-15-19-10-12-20(13-11-19)23(31)25-4)28-16-21-8-6-7-9-22(21)30-18(3)14-17(2)29-30/h6-14H,5,15-16H2,1-4H3,(H,25,31)(H2,26,27,28). The number of aliphatic imine (C=N–C) groups is 1. The summed E-state index contributed by atoms with van der Waals surface area (Å²) in [5.41, 5.74) is 5.97. The molecule has 3 aromatic rings. The third-order valence-corrected chi connectivity index (χ3v) is 4.88. The number of rotatable bonds is 7. The van der Waals surface area contributed by atoms with Crippen LogP contribution in [0.25, 0.3) is 5.69 Å². The molecule has 0 saturated carbocycles. The van der Waals surface area contributed by atoms with E-state index in [1.165, 1.54) is 0 Å². The number of aromatic nitrogens is 2. The van der Waals surface area contributed by atoms with Gasteiger partial charge in [0.25, 0.3) is 5.91 Å². The first-order valence-electron chi connectivity index (χ1n) is 10.5. The first kappa shape index (κ1) is 22.1. The lowest BCUT2D eigenvalue weighted by atomic mass is 10.1. The van der Waals surface area contributed by atoms with Crippen LogP contribution in [-0.2, 0) is 13.1 Å². The Bertz CT molecular complexity index is 1050. The lowest BCUT2D eigenvalue weighted by molar-refractivity contribution is 0.0963. The average Bonchev–Trinajstić information content (AvgIpc) is 3.13. The third-order valence-electron chi connectivity index (χ3n) is 4.88. The summed E-state index contributed by atoms with van der Waals surface area (Å²) in [5, 5.41) is 14.0. The van der Waals surface area contributed by atoms with Crippen LogP contribution >= 0.6 is 0 Å². The Morgan fingerprint density at radius 3 is 2.45 bits per heavy atom. The van der Waals surface area contributed by atoms with E-state index in [1.807, 2.05) is 54.9 Å². The number of hydrogen-bond donors (Lipinski definition) is 3. The van der Waals surface area contributed by atoms with Gasteiger partial charge in [0.1, 0.15) is 0 Å². The van der Waals surface area contributed by atoms with Crippen LogP contribution in [0.4, 0.5) is 0 Å². The summed E-state index contributed by atoms with van der Waals surface area (Å²) in [5.74, 6) is 0.646. The highest BCUT2D eigenvalue weighted by molar-refractivity contribution is 5.93. The molecule has 0 fully saturated rings. The van der Waals surface area contributed by atoms with Crippen LogP contribution in [0, 0.1) is 13.8 Å². The fraction of sp³-hybridized carbons (Fsp3) is 0.292. The normalized spacial score (nSPS) is 11.3. The zero-order chi connectivity index (χ0) is 22.2. The fourth-order valence-corrected chi connectivity index (χ4v) is 3.34. The molecule has 7 heteroatoms. The molecule has 0 atom stereocenters. The molecule has 1 amide bonds. The molecule has 0 spiro atoms. The van der Waals surface area contributed by atoms with Gasteiger partial charge in [-0.2, -0.15) is 5.10 Å². The number of nitrogens with one attached hydrogen (secondary N) is 3. The van der Waals surface area contributed by atoms with Crippen molar-refractivity contribution in [1.29, 1.82) is 0 Å². The second kappa shape index (κ2) is 10.4. The number of nitrogens with zero attached hydrogens (tertiary/aromatic N) is 3. The van der Waals surface area contributed by atoms with Crippen molar-refractivity contribution in [1.82, 2.24) is 25.7 Å². The second-order valence-electron chi connectivity index (χ2n) is 7.29. The van der Waals surface area contributed by atoms with Crippen LogP contribution in [-0.4, -0.2) is 35.2 Å². The molecule has 0 aliphatic carbocycles. The molecular formula is C24H30N6O. The summed E-state index contributed by atoms with van der Waals surface area (Å²) in [6, 6.07) is 17.8. The predicted molar refractivity (Wildman–Crippen MR) is 125 cm³/mol.